The van der Waals surface area contributed by atoms with Gasteiger partial charge in [-0.25, -0.2) is 9.59 Å². The second kappa shape index (κ2) is 12.4. The summed E-state index contributed by atoms with van der Waals surface area (Å²) in [6.07, 6.45) is 1.84. The van der Waals surface area contributed by atoms with Crippen LogP contribution in [0.4, 0.5) is 0 Å². The molecule has 0 aromatic carbocycles. The molecule has 0 aliphatic rings. The van der Waals surface area contributed by atoms with E-state index in [2.05, 4.69) is 22.6 Å². The molecule has 0 rings (SSSR count). The van der Waals surface area contributed by atoms with Crippen molar-refractivity contribution in [3.05, 3.63) is 24.8 Å². The van der Waals surface area contributed by atoms with Crippen LogP contribution in [0.1, 0.15) is 20.3 Å². The Bertz CT molecular complexity index is 261. The van der Waals surface area contributed by atoms with E-state index < -0.39 is 0 Å². The van der Waals surface area contributed by atoms with Gasteiger partial charge in [0.05, 0.1) is 13.2 Å². The Balaban J connectivity index is 0. The number of rotatable bonds is 6. The number of nitrogens with two attached hydrogens (primary N) is 1. The van der Waals surface area contributed by atoms with E-state index in [1.165, 1.54) is 0 Å². The number of carbonyl (C=O) groups is 2. The van der Waals surface area contributed by atoms with Crippen molar-refractivity contribution in [2.45, 2.75) is 20.3 Å². The molecular formula is C12H21NO4. The third-order valence-electron chi connectivity index (χ3n) is 1.38. The van der Waals surface area contributed by atoms with Gasteiger partial charge >= 0.3 is 11.9 Å². The minimum atomic E-state index is -0.386. The maximum Gasteiger partial charge on any atom is 0.333 e. The van der Waals surface area contributed by atoms with Crippen LogP contribution in [0.5, 0.6) is 0 Å². The molecule has 0 bridgehead atoms. The van der Waals surface area contributed by atoms with E-state index in [0.717, 1.165) is 6.08 Å². The van der Waals surface area contributed by atoms with Crippen LogP contribution in [0.15, 0.2) is 24.8 Å². The molecule has 2 N–H and O–H groups in total. The number of carbonyl (C=O) groups excluding carboxylic acids is 2. The highest BCUT2D eigenvalue weighted by Crippen LogP contribution is 1.89. The number of ether oxygens (including phenoxy) is 2. The lowest BCUT2D eigenvalue weighted by Crippen LogP contribution is -2.07. The zero-order chi connectivity index (χ0) is 13.7. The lowest BCUT2D eigenvalue weighted by Gasteiger charge is -1.97. The Morgan fingerprint density at radius 2 is 1.94 bits per heavy atom. The van der Waals surface area contributed by atoms with E-state index in [0.29, 0.717) is 31.8 Å². The first-order valence-electron chi connectivity index (χ1n) is 5.31. The van der Waals surface area contributed by atoms with Gasteiger partial charge in [0, 0.05) is 11.6 Å². The molecule has 0 fully saturated rings. The summed E-state index contributed by atoms with van der Waals surface area (Å²) in [6, 6.07) is 0. The number of esters is 2. The minimum absolute atomic E-state index is 0.312. The molecule has 0 aliphatic heterocycles. The lowest BCUT2D eigenvalue weighted by atomic mass is 10.4. The maximum atomic E-state index is 10.4. The largest absolute Gasteiger partial charge is 0.463 e. The van der Waals surface area contributed by atoms with E-state index in [9.17, 15) is 9.59 Å². The Morgan fingerprint density at radius 1 is 1.35 bits per heavy atom. The van der Waals surface area contributed by atoms with Gasteiger partial charge in [-0.3, -0.25) is 0 Å². The molecule has 5 heteroatoms. The third-order valence-corrected chi connectivity index (χ3v) is 1.38. The van der Waals surface area contributed by atoms with Crippen molar-refractivity contribution in [2.75, 3.05) is 19.8 Å². The monoisotopic (exact) mass is 243 g/mol. The standard InChI is InChI=1S/C6H11NO2.C6H10O2/c1-2-6(8)9-5-3-4-7;1-4-8-6(7)5(2)3/h2H,1,3-5,7H2;2,4H2,1,3H3. The first-order valence-corrected chi connectivity index (χ1v) is 5.31. The third kappa shape index (κ3) is 14.4. The van der Waals surface area contributed by atoms with Crippen LogP contribution < -0.4 is 5.73 Å². The average molecular weight is 243 g/mol. The SMILES string of the molecule is C=C(C)C(=O)OCC.C=CC(=O)OCCCN. The molecule has 0 atom stereocenters. The van der Waals surface area contributed by atoms with Crippen LogP contribution in [0.2, 0.25) is 0 Å². The predicted molar refractivity (Wildman–Crippen MR) is 66.3 cm³/mol. The van der Waals surface area contributed by atoms with Crippen LogP contribution in [0.3, 0.4) is 0 Å². The molecule has 17 heavy (non-hydrogen) atoms. The van der Waals surface area contributed by atoms with E-state index in [1.807, 2.05) is 0 Å². The molecule has 0 unspecified atom stereocenters. The van der Waals surface area contributed by atoms with Crippen LogP contribution >= 0.6 is 0 Å². The molecule has 98 valence electrons. The Morgan fingerprint density at radius 3 is 2.24 bits per heavy atom. The van der Waals surface area contributed by atoms with Crippen molar-refractivity contribution < 1.29 is 19.1 Å². The van der Waals surface area contributed by atoms with E-state index in [4.69, 9.17) is 5.73 Å². The lowest BCUT2D eigenvalue weighted by molar-refractivity contribution is -0.139. The smallest absolute Gasteiger partial charge is 0.333 e. The molecule has 0 spiro atoms. The fourth-order valence-corrected chi connectivity index (χ4v) is 0.569. The van der Waals surface area contributed by atoms with Crippen LogP contribution in [-0.4, -0.2) is 31.7 Å². The van der Waals surface area contributed by atoms with E-state index in [1.54, 1.807) is 13.8 Å². The zero-order valence-electron chi connectivity index (χ0n) is 10.5. The fraction of sp³-hybridized carbons (Fsp3) is 0.500. The van der Waals surface area contributed by atoms with Gasteiger partial charge in [0.2, 0.25) is 0 Å². The van der Waals surface area contributed by atoms with Gasteiger partial charge in [-0.1, -0.05) is 13.2 Å². The molecule has 0 radical (unpaired) electrons. The van der Waals surface area contributed by atoms with Gasteiger partial charge in [0.15, 0.2) is 0 Å². The predicted octanol–water partition coefficient (Wildman–Crippen LogP) is 1.19. The quantitative estimate of drug-likeness (QED) is 0.430. The van der Waals surface area contributed by atoms with Crippen molar-refractivity contribution in [1.29, 1.82) is 0 Å². The summed E-state index contributed by atoms with van der Waals surface area (Å²) in [5.41, 5.74) is 5.59. The van der Waals surface area contributed by atoms with Gasteiger partial charge in [-0.2, -0.15) is 0 Å². The van der Waals surface area contributed by atoms with Crippen LogP contribution in [-0.2, 0) is 19.1 Å². The molecule has 5 nitrogen and oxygen atoms in total. The summed E-state index contributed by atoms with van der Waals surface area (Å²) in [6.45, 7) is 11.4. The molecular weight excluding hydrogens is 222 g/mol. The van der Waals surface area contributed by atoms with Crippen molar-refractivity contribution in [1.82, 2.24) is 0 Å². The number of hydrogen-bond acceptors (Lipinski definition) is 5. The Labute approximate surface area is 102 Å². The second-order valence-corrected chi connectivity index (χ2v) is 3.01. The first-order chi connectivity index (χ1) is 7.99. The normalized spacial score (nSPS) is 8.41. The molecule has 0 heterocycles. The van der Waals surface area contributed by atoms with Crippen molar-refractivity contribution in [3.63, 3.8) is 0 Å². The van der Waals surface area contributed by atoms with Gasteiger partial charge in [-0.05, 0) is 26.8 Å². The van der Waals surface area contributed by atoms with E-state index >= 15 is 0 Å². The van der Waals surface area contributed by atoms with E-state index in [-0.39, 0.29) is 11.9 Å². The molecule has 0 saturated heterocycles. The molecule has 0 aromatic heterocycles. The molecule has 0 saturated carbocycles. The van der Waals surface area contributed by atoms with Gasteiger partial charge in [-0.15, -0.1) is 0 Å². The van der Waals surface area contributed by atoms with Crippen molar-refractivity contribution >= 4 is 11.9 Å². The first kappa shape index (κ1) is 17.8. The van der Waals surface area contributed by atoms with Crippen LogP contribution in [0, 0.1) is 0 Å². The maximum absolute atomic E-state index is 10.4. The van der Waals surface area contributed by atoms with Crippen molar-refractivity contribution in [2.24, 2.45) is 5.73 Å². The van der Waals surface area contributed by atoms with Gasteiger partial charge in [0.1, 0.15) is 0 Å². The summed E-state index contributed by atoms with van der Waals surface area (Å²) >= 11 is 0. The zero-order valence-corrected chi connectivity index (χ0v) is 10.5. The highest BCUT2D eigenvalue weighted by Gasteiger charge is 1.98. The molecule has 0 aliphatic carbocycles. The Hall–Kier alpha value is -1.62. The van der Waals surface area contributed by atoms with Gasteiger partial charge in [0.25, 0.3) is 0 Å². The second-order valence-electron chi connectivity index (χ2n) is 3.01. The summed E-state index contributed by atoms with van der Waals surface area (Å²) in [7, 11) is 0. The summed E-state index contributed by atoms with van der Waals surface area (Å²) in [4.78, 5) is 20.7. The highest BCUT2D eigenvalue weighted by atomic mass is 16.5. The average Bonchev–Trinajstić information content (AvgIpc) is 2.30. The van der Waals surface area contributed by atoms with Gasteiger partial charge < -0.3 is 15.2 Å². The summed E-state index contributed by atoms with van der Waals surface area (Å²) in [5, 5.41) is 0. The molecule has 0 amide bonds. The highest BCUT2D eigenvalue weighted by molar-refractivity contribution is 5.86. The summed E-state index contributed by atoms with van der Waals surface area (Å²) in [5.74, 6) is -0.698. The minimum Gasteiger partial charge on any atom is -0.463 e. The fourth-order valence-electron chi connectivity index (χ4n) is 0.569. The summed E-state index contributed by atoms with van der Waals surface area (Å²) < 4.78 is 9.16. The molecule has 0 aromatic rings. The number of hydrogen-bond donors (Lipinski definition) is 1. The topological polar surface area (TPSA) is 78.6 Å². The van der Waals surface area contributed by atoms with Crippen LogP contribution in [0.25, 0.3) is 0 Å². The Kier molecular flexibility index (Phi) is 13.0. The van der Waals surface area contributed by atoms with Crippen molar-refractivity contribution in [3.8, 4) is 0 Å².